The van der Waals surface area contributed by atoms with E-state index in [4.69, 9.17) is 4.74 Å². The minimum atomic E-state index is -0.309. The van der Waals surface area contributed by atoms with Gasteiger partial charge in [0.05, 0.1) is 5.56 Å². The van der Waals surface area contributed by atoms with Crippen LogP contribution in [-0.4, -0.2) is 35.8 Å². The summed E-state index contributed by atoms with van der Waals surface area (Å²) < 4.78 is 5.63. The number of rotatable bonds is 4. The zero-order valence-electron chi connectivity index (χ0n) is 15.0. The molecule has 2 aliphatic rings. The maximum Gasteiger partial charge on any atom is 0.343 e. The number of benzene rings is 2. The lowest BCUT2D eigenvalue weighted by Gasteiger charge is -2.39. The number of nitrogens with zero attached hydrogens (tertiary/aromatic N) is 1. The summed E-state index contributed by atoms with van der Waals surface area (Å²) in [7, 11) is 0. The molecule has 2 heterocycles. The highest BCUT2D eigenvalue weighted by Gasteiger charge is 2.31. The molecule has 2 aromatic rings. The van der Waals surface area contributed by atoms with Gasteiger partial charge in [-0.2, -0.15) is 0 Å². The number of carbonyl (C=O) groups is 1. The molecule has 4 heteroatoms. The second kappa shape index (κ2) is 7.68. The Balaban J connectivity index is 1.59. The molecule has 26 heavy (non-hydrogen) atoms. The second-order valence-electron chi connectivity index (χ2n) is 6.72. The van der Waals surface area contributed by atoms with Crippen LogP contribution in [0.5, 0.6) is 5.75 Å². The van der Waals surface area contributed by atoms with Crippen molar-refractivity contribution in [1.82, 2.24) is 4.90 Å². The van der Waals surface area contributed by atoms with Crippen molar-refractivity contribution in [2.75, 3.05) is 18.8 Å². The van der Waals surface area contributed by atoms with Crippen LogP contribution < -0.4 is 4.74 Å². The first-order valence-electron chi connectivity index (χ1n) is 9.25. The number of hydrogen-bond donors (Lipinski definition) is 0. The first kappa shape index (κ1) is 17.4. The number of ether oxygens (including phenoxy) is 1. The third-order valence-electron chi connectivity index (χ3n) is 4.97. The number of esters is 1. The third-order valence-corrected chi connectivity index (χ3v) is 6.12. The van der Waals surface area contributed by atoms with E-state index in [1.807, 2.05) is 42.1 Å². The van der Waals surface area contributed by atoms with E-state index < -0.39 is 0 Å². The summed E-state index contributed by atoms with van der Waals surface area (Å²) in [6, 6.07) is 15.6. The Labute approximate surface area is 159 Å². The largest absolute Gasteiger partial charge is 0.423 e. The molecule has 0 spiro atoms. The lowest BCUT2D eigenvalue weighted by molar-refractivity contribution is 0.0734. The second-order valence-corrected chi connectivity index (χ2v) is 7.79. The molecule has 0 radical (unpaired) electrons. The van der Waals surface area contributed by atoms with Crippen molar-refractivity contribution in [2.45, 2.75) is 30.7 Å². The summed E-state index contributed by atoms with van der Waals surface area (Å²) in [5.74, 6) is 1.41. The van der Waals surface area contributed by atoms with Gasteiger partial charge in [0.25, 0.3) is 0 Å². The standard InChI is InChI=1S/C22H23NO2S/c1-2-12-23-13-6-9-18-19-14-17(10-11-21(19)26-15-20(18)23)25-22(24)16-7-4-3-5-8-16/h3-5,7-11,14,20H,2,6,12-13,15H2,1H3. The highest BCUT2D eigenvalue weighted by molar-refractivity contribution is 7.99. The van der Waals surface area contributed by atoms with Gasteiger partial charge >= 0.3 is 5.97 Å². The Bertz CT molecular complexity index is 831. The van der Waals surface area contributed by atoms with Gasteiger partial charge in [0.2, 0.25) is 0 Å². The van der Waals surface area contributed by atoms with Gasteiger partial charge in [-0.15, -0.1) is 11.8 Å². The van der Waals surface area contributed by atoms with Crippen molar-refractivity contribution in [3.63, 3.8) is 0 Å². The molecule has 2 aromatic carbocycles. The van der Waals surface area contributed by atoms with Crippen LogP contribution in [0.3, 0.4) is 0 Å². The molecule has 1 unspecified atom stereocenters. The molecule has 0 fully saturated rings. The van der Waals surface area contributed by atoms with E-state index in [9.17, 15) is 4.79 Å². The topological polar surface area (TPSA) is 29.5 Å². The number of thioether (sulfide) groups is 1. The van der Waals surface area contributed by atoms with Crippen molar-refractivity contribution < 1.29 is 9.53 Å². The van der Waals surface area contributed by atoms with E-state index in [2.05, 4.69) is 24.0 Å². The fraction of sp³-hybridized carbons (Fsp3) is 0.318. The molecular weight excluding hydrogens is 342 g/mol. The fourth-order valence-corrected chi connectivity index (χ4v) is 4.97. The summed E-state index contributed by atoms with van der Waals surface area (Å²) >= 11 is 1.90. The van der Waals surface area contributed by atoms with Gasteiger partial charge in [-0.05, 0) is 60.9 Å². The smallest absolute Gasteiger partial charge is 0.343 e. The summed E-state index contributed by atoms with van der Waals surface area (Å²) in [6.07, 6.45) is 4.64. The highest BCUT2D eigenvalue weighted by Crippen LogP contribution is 2.42. The van der Waals surface area contributed by atoms with E-state index in [0.717, 1.165) is 25.3 Å². The molecule has 0 N–H and O–H groups in total. The van der Waals surface area contributed by atoms with Gasteiger partial charge in [-0.1, -0.05) is 31.2 Å². The maximum atomic E-state index is 12.4. The Morgan fingerprint density at radius 3 is 2.88 bits per heavy atom. The van der Waals surface area contributed by atoms with Crippen LogP contribution in [0.15, 0.2) is 59.5 Å². The molecule has 4 rings (SSSR count). The molecule has 0 saturated carbocycles. The molecule has 0 saturated heterocycles. The van der Waals surface area contributed by atoms with Crippen molar-refractivity contribution in [3.05, 3.63) is 65.7 Å². The maximum absolute atomic E-state index is 12.4. The van der Waals surface area contributed by atoms with Crippen molar-refractivity contribution >= 4 is 23.3 Å². The molecule has 3 nitrogen and oxygen atoms in total. The Morgan fingerprint density at radius 1 is 1.23 bits per heavy atom. The molecule has 1 atom stereocenters. The predicted octanol–water partition coefficient (Wildman–Crippen LogP) is 4.88. The SMILES string of the molecule is CCCN1CCC=C2c3cc(OC(=O)c4ccccc4)ccc3SCC21. The average molecular weight is 365 g/mol. The van der Waals surface area contributed by atoms with Crippen molar-refractivity contribution in [2.24, 2.45) is 0 Å². The predicted molar refractivity (Wildman–Crippen MR) is 107 cm³/mol. The molecule has 0 amide bonds. The minimum absolute atomic E-state index is 0.309. The van der Waals surface area contributed by atoms with E-state index in [-0.39, 0.29) is 5.97 Å². The summed E-state index contributed by atoms with van der Waals surface area (Å²) in [5.41, 5.74) is 3.20. The summed E-state index contributed by atoms with van der Waals surface area (Å²) in [6.45, 7) is 4.52. The zero-order chi connectivity index (χ0) is 17.9. The summed E-state index contributed by atoms with van der Waals surface area (Å²) in [5, 5.41) is 0. The van der Waals surface area contributed by atoms with Crippen LogP contribution in [0.25, 0.3) is 5.57 Å². The van der Waals surface area contributed by atoms with E-state index >= 15 is 0 Å². The monoisotopic (exact) mass is 365 g/mol. The van der Waals surface area contributed by atoms with Crippen molar-refractivity contribution in [1.29, 1.82) is 0 Å². The Hall–Kier alpha value is -2.04. The van der Waals surface area contributed by atoms with Crippen LogP contribution in [0.2, 0.25) is 0 Å². The molecule has 134 valence electrons. The molecule has 0 bridgehead atoms. The Kier molecular flexibility index (Phi) is 5.14. The van der Waals surface area contributed by atoms with E-state index in [1.54, 1.807) is 12.1 Å². The van der Waals surface area contributed by atoms with Crippen molar-refractivity contribution in [3.8, 4) is 5.75 Å². The zero-order valence-corrected chi connectivity index (χ0v) is 15.8. The van der Waals surface area contributed by atoms with Gasteiger partial charge in [0.15, 0.2) is 0 Å². The molecule has 2 aliphatic heterocycles. The highest BCUT2D eigenvalue weighted by atomic mass is 32.2. The summed E-state index contributed by atoms with van der Waals surface area (Å²) in [4.78, 5) is 16.2. The van der Waals surface area contributed by atoms with Crippen LogP contribution in [0.1, 0.15) is 35.7 Å². The average Bonchev–Trinajstić information content (AvgIpc) is 2.69. The van der Waals surface area contributed by atoms with E-state index in [0.29, 0.717) is 17.4 Å². The van der Waals surface area contributed by atoms with Gasteiger partial charge in [0, 0.05) is 23.2 Å². The Morgan fingerprint density at radius 2 is 2.08 bits per heavy atom. The van der Waals surface area contributed by atoms with Gasteiger partial charge < -0.3 is 4.74 Å². The molecule has 0 aromatic heterocycles. The lowest BCUT2D eigenvalue weighted by Crippen LogP contribution is -2.42. The fourth-order valence-electron chi connectivity index (χ4n) is 3.75. The van der Waals surface area contributed by atoms with Gasteiger partial charge in [-0.3, -0.25) is 4.90 Å². The van der Waals surface area contributed by atoms with Crippen LogP contribution >= 0.6 is 11.8 Å². The van der Waals surface area contributed by atoms with E-state index in [1.165, 1.54) is 22.5 Å². The minimum Gasteiger partial charge on any atom is -0.423 e. The lowest BCUT2D eigenvalue weighted by atomic mass is 9.93. The number of carbonyl (C=O) groups excluding carboxylic acids is 1. The normalized spacial score (nSPS) is 19.3. The first-order chi connectivity index (χ1) is 12.8. The van der Waals surface area contributed by atoms with Crippen LogP contribution in [0, 0.1) is 0 Å². The third kappa shape index (κ3) is 3.44. The quantitative estimate of drug-likeness (QED) is 0.570. The van der Waals surface area contributed by atoms with Gasteiger partial charge in [-0.25, -0.2) is 4.79 Å². The molecular formula is C22H23NO2S. The van der Waals surface area contributed by atoms with Gasteiger partial charge in [0.1, 0.15) is 5.75 Å². The first-order valence-corrected chi connectivity index (χ1v) is 10.2. The number of hydrogen-bond acceptors (Lipinski definition) is 4. The number of fused-ring (bicyclic) bond motifs is 3. The van der Waals surface area contributed by atoms with Crippen LogP contribution in [0.4, 0.5) is 0 Å². The van der Waals surface area contributed by atoms with Crippen LogP contribution in [-0.2, 0) is 0 Å². The molecule has 0 aliphatic carbocycles.